The maximum Gasteiger partial charge on any atom is 0.328 e. The van der Waals surface area contributed by atoms with Gasteiger partial charge in [-0.3, -0.25) is 0 Å². The number of ether oxygens (including phenoxy) is 1. The first-order valence-corrected chi connectivity index (χ1v) is 4.61. The largest absolute Gasteiger partial charge is 0.496 e. The van der Waals surface area contributed by atoms with Gasteiger partial charge in [0.1, 0.15) is 5.75 Å². The highest BCUT2D eigenvalue weighted by molar-refractivity contribution is 5.85. The average molecular weight is 206 g/mol. The summed E-state index contributed by atoms with van der Waals surface area (Å²) in [7, 11) is 1.62. The number of hydrogen-bond donors (Lipinski definition) is 1. The molecule has 0 bridgehead atoms. The predicted octanol–water partition coefficient (Wildman–Crippen LogP) is 2.41. The highest BCUT2D eigenvalue weighted by Gasteiger charge is 2.04. The lowest BCUT2D eigenvalue weighted by Gasteiger charge is -2.09. The molecular formula is C12H14O3. The van der Waals surface area contributed by atoms with Crippen LogP contribution in [-0.2, 0) is 4.79 Å². The molecule has 0 unspecified atom stereocenters. The number of carbonyl (C=O) groups is 1. The van der Waals surface area contributed by atoms with Crippen LogP contribution in [0.2, 0.25) is 0 Å². The Balaban J connectivity index is 3.12. The fourth-order valence-electron chi connectivity index (χ4n) is 1.38. The Bertz CT molecular complexity index is 406. The molecule has 0 spiro atoms. The molecule has 15 heavy (non-hydrogen) atoms. The van der Waals surface area contributed by atoms with Crippen LogP contribution in [-0.4, -0.2) is 18.2 Å². The molecule has 0 radical (unpaired) electrons. The molecule has 0 saturated carbocycles. The van der Waals surface area contributed by atoms with Gasteiger partial charge in [-0.05, 0) is 42.7 Å². The predicted molar refractivity (Wildman–Crippen MR) is 59.1 cm³/mol. The first-order chi connectivity index (χ1) is 7.06. The summed E-state index contributed by atoms with van der Waals surface area (Å²) < 4.78 is 5.17. The molecule has 3 heteroatoms. The lowest BCUT2D eigenvalue weighted by atomic mass is 10.0. The van der Waals surface area contributed by atoms with Crippen molar-refractivity contribution in [3.05, 3.63) is 34.9 Å². The lowest BCUT2D eigenvalue weighted by Crippen LogP contribution is -1.93. The molecule has 0 heterocycles. The van der Waals surface area contributed by atoms with Crippen molar-refractivity contribution in [1.29, 1.82) is 0 Å². The zero-order valence-corrected chi connectivity index (χ0v) is 9.07. The Hall–Kier alpha value is -1.77. The summed E-state index contributed by atoms with van der Waals surface area (Å²) in [6.45, 7) is 3.89. The van der Waals surface area contributed by atoms with Crippen molar-refractivity contribution in [3.8, 4) is 5.75 Å². The van der Waals surface area contributed by atoms with Gasteiger partial charge < -0.3 is 9.84 Å². The van der Waals surface area contributed by atoms with E-state index in [0.717, 1.165) is 28.5 Å². The highest BCUT2D eigenvalue weighted by Crippen LogP contribution is 2.24. The Labute approximate surface area is 89.0 Å². The van der Waals surface area contributed by atoms with Crippen molar-refractivity contribution in [1.82, 2.24) is 0 Å². The van der Waals surface area contributed by atoms with Gasteiger partial charge in [0.25, 0.3) is 0 Å². The van der Waals surface area contributed by atoms with Crippen LogP contribution in [0.3, 0.4) is 0 Å². The van der Waals surface area contributed by atoms with Crippen molar-refractivity contribution >= 4 is 12.0 Å². The molecule has 1 rings (SSSR count). The third-order valence-electron chi connectivity index (χ3n) is 2.40. The molecule has 0 saturated heterocycles. The first kappa shape index (κ1) is 11.3. The van der Waals surface area contributed by atoms with E-state index in [-0.39, 0.29) is 0 Å². The third-order valence-corrected chi connectivity index (χ3v) is 2.40. The van der Waals surface area contributed by atoms with Crippen molar-refractivity contribution in [2.45, 2.75) is 13.8 Å². The first-order valence-electron chi connectivity index (χ1n) is 4.61. The maximum atomic E-state index is 10.4. The number of carboxylic acids is 1. The number of aliphatic carboxylic acids is 1. The minimum absolute atomic E-state index is 0.819. The van der Waals surface area contributed by atoms with Crippen LogP contribution in [0.25, 0.3) is 6.08 Å². The van der Waals surface area contributed by atoms with Crippen LogP contribution in [0.15, 0.2) is 18.2 Å². The number of hydrogen-bond acceptors (Lipinski definition) is 2. The monoisotopic (exact) mass is 206 g/mol. The third kappa shape index (κ3) is 2.59. The summed E-state index contributed by atoms with van der Waals surface area (Å²) in [4.78, 5) is 10.4. The van der Waals surface area contributed by atoms with E-state index < -0.39 is 5.97 Å². The summed E-state index contributed by atoms with van der Waals surface area (Å²) in [6.07, 6.45) is 2.72. The van der Waals surface area contributed by atoms with Crippen LogP contribution in [0.5, 0.6) is 5.75 Å². The van der Waals surface area contributed by atoms with Gasteiger partial charge in [0.2, 0.25) is 0 Å². The number of carboxylic acid groups (broad SMARTS) is 1. The fourth-order valence-corrected chi connectivity index (χ4v) is 1.38. The Morgan fingerprint density at radius 2 is 2.00 bits per heavy atom. The quantitative estimate of drug-likeness (QED) is 0.772. The van der Waals surface area contributed by atoms with Crippen LogP contribution in [0.1, 0.15) is 16.7 Å². The maximum absolute atomic E-state index is 10.4. The zero-order chi connectivity index (χ0) is 11.4. The van der Waals surface area contributed by atoms with Gasteiger partial charge in [0.15, 0.2) is 0 Å². The van der Waals surface area contributed by atoms with Crippen LogP contribution in [0.4, 0.5) is 0 Å². The van der Waals surface area contributed by atoms with Gasteiger partial charge in [0, 0.05) is 6.08 Å². The smallest absolute Gasteiger partial charge is 0.328 e. The van der Waals surface area contributed by atoms with Crippen LogP contribution < -0.4 is 4.74 Å². The van der Waals surface area contributed by atoms with E-state index in [1.165, 1.54) is 0 Å². The van der Waals surface area contributed by atoms with Gasteiger partial charge in [0.05, 0.1) is 7.11 Å². The molecule has 0 aliphatic rings. The summed E-state index contributed by atoms with van der Waals surface area (Å²) >= 11 is 0. The standard InChI is InChI=1S/C12H14O3/c1-8-9(2)11(15-3)6-4-10(8)5-7-12(13)14/h4-7H,1-3H3,(H,13,14)/b7-5+. The summed E-state index contributed by atoms with van der Waals surface area (Å²) in [5, 5.41) is 8.52. The highest BCUT2D eigenvalue weighted by atomic mass is 16.5. The van der Waals surface area contributed by atoms with E-state index in [0.29, 0.717) is 0 Å². The van der Waals surface area contributed by atoms with E-state index in [1.54, 1.807) is 13.2 Å². The molecule has 1 aromatic carbocycles. The summed E-state index contributed by atoms with van der Waals surface area (Å²) in [5.41, 5.74) is 2.97. The van der Waals surface area contributed by atoms with Gasteiger partial charge in [-0.1, -0.05) is 6.07 Å². The second-order valence-corrected chi connectivity index (χ2v) is 3.28. The van der Waals surface area contributed by atoms with Gasteiger partial charge in [-0.15, -0.1) is 0 Å². The molecule has 0 aliphatic carbocycles. The molecule has 1 N–H and O–H groups in total. The van der Waals surface area contributed by atoms with Gasteiger partial charge in [-0.2, -0.15) is 0 Å². The van der Waals surface area contributed by atoms with Crippen molar-refractivity contribution in [3.63, 3.8) is 0 Å². The molecule has 0 amide bonds. The second-order valence-electron chi connectivity index (χ2n) is 3.28. The Kier molecular flexibility index (Phi) is 3.50. The number of benzene rings is 1. The van der Waals surface area contributed by atoms with Crippen molar-refractivity contribution in [2.75, 3.05) is 7.11 Å². The normalized spacial score (nSPS) is 10.6. The van der Waals surface area contributed by atoms with Crippen molar-refractivity contribution < 1.29 is 14.6 Å². The molecule has 0 aromatic heterocycles. The molecule has 0 fully saturated rings. The number of rotatable bonds is 3. The van der Waals surface area contributed by atoms with Crippen molar-refractivity contribution in [2.24, 2.45) is 0 Å². The molecule has 0 atom stereocenters. The molecule has 80 valence electrons. The Morgan fingerprint density at radius 1 is 1.33 bits per heavy atom. The lowest BCUT2D eigenvalue weighted by molar-refractivity contribution is -0.131. The molecule has 1 aromatic rings. The van der Waals surface area contributed by atoms with E-state index in [2.05, 4.69) is 0 Å². The molecule has 0 aliphatic heterocycles. The second kappa shape index (κ2) is 4.64. The van der Waals surface area contributed by atoms with E-state index in [4.69, 9.17) is 9.84 Å². The van der Waals surface area contributed by atoms with E-state index >= 15 is 0 Å². The number of methoxy groups -OCH3 is 1. The molecule has 3 nitrogen and oxygen atoms in total. The average Bonchev–Trinajstić information content (AvgIpc) is 2.20. The van der Waals surface area contributed by atoms with E-state index in [1.807, 2.05) is 26.0 Å². The summed E-state index contributed by atoms with van der Waals surface area (Å²) in [5.74, 6) is -0.122. The SMILES string of the molecule is COc1ccc(/C=C/C(=O)O)c(C)c1C. The van der Waals surface area contributed by atoms with E-state index in [9.17, 15) is 4.79 Å². The van der Waals surface area contributed by atoms with Gasteiger partial charge in [-0.25, -0.2) is 4.79 Å². The fraction of sp³-hybridized carbons (Fsp3) is 0.250. The van der Waals surface area contributed by atoms with Gasteiger partial charge >= 0.3 is 5.97 Å². The minimum Gasteiger partial charge on any atom is -0.496 e. The summed E-state index contributed by atoms with van der Waals surface area (Å²) in [6, 6.07) is 3.68. The molecular weight excluding hydrogens is 192 g/mol. The van der Waals surface area contributed by atoms with Crippen LogP contribution in [0, 0.1) is 13.8 Å². The topological polar surface area (TPSA) is 46.5 Å². The minimum atomic E-state index is -0.942. The van der Waals surface area contributed by atoms with Crippen LogP contribution >= 0.6 is 0 Å². The zero-order valence-electron chi connectivity index (χ0n) is 9.07. The Morgan fingerprint density at radius 3 is 2.53 bits per heavy atom.